The van der Waals surface area contributed by atoms with Gasteiger partial charge >= 0.3 is 5.97 Å². The summed E-state index contributed by atoms with van der Waals surface area (Å²) in [6.45, 7) is 0. The summed E-state index contributed by atoms with van der Waals surface area (Å²) < 4.78 is 1.18. The molecule has 2 aromatic rings. The molecule has 0 radical (unpaired) electrons. The van der Waals surface area contributed by atoms with Crippen LogP contribution in [0.2, 0.25) is 5.02 Å². The van der Waals surface area contributed by atoms with Gasteiger partial charge in [-0.1, -0.05) is 11.6 Å². The third-order valence-electron chi connectivity index (χ3n) is 2.53. The molecule has 0 atom stereocenters. The zero-order chi connectivity index (χ0) is 12.7. The molecule has 17 heavy (non-hydrogen) atoms. The number of carboxylic acid groups (broad SMARTS) is 1. The Hall–Kier alpha value is -2.01. The van der Waals surface area contributed by atoms with Crippen molar-refractivity contribution in [1.82, 2.24) is 4.57 Å². The molecule has 1 aromatic carbocycles. The lowest BCUT2D eigenvalue weighted by Crippen LogP contribution is -2.25. The van der Waals surface area contributed by atoms with Crippen LogP contribution in [0.25, 0.3) is 10.9 Å². The molecule has 0 saturated carbocycles. The maximum atomic E-state index is 11.8. The number of fused-ring (bicyclic) bond motifs is 1. The fourth-order valence-corrected chi connectivity index (χ4v) is 2.00. The van der Waals surface area contributed by atoms with Crippen molar-refractivity contribution in [3.05, 3.63) is 39.1 Å². The molecule has 0 aliphatic carbocycles. The van der Waals surface area contributed by atoms with E-state index in [-0.39, 0.29) is 10.8 Å². The molecule has 0 spiro atoms. The number of rotatable bonds is 1. The average Bonchev–Trinajstić information content (AvgIpc) is 2.26. The Morgan fingerprint density at radius 3 is 2.65 bits per heavy atom. The molecule has 0 bridgehead atoms. The molecular weight excluding hydrogens is 246 g/mol. The van der Waals surface area contributed by atoms with Crippen molar-refractivity contribution in [2.24, 2.45) is 7.05 Å². The molecule has 0 unspecified atom stereocenters. The molecule has 0 aliphatic rings. The van der Waals surface area contributed by atoms with E-state index < -0.39 is 17.1 Å². The van der Waals surface area contributed by atoms with Gasteiger partial charge in [-0.2, -0.15) is 0 Å². The first-order valence-electron chi connectivity index (χ1n) is 4.68. The standard InChI is InChI=1S/C11H8ClNO4/c1-13-7-3-2-5(14)4-6(7)9(12)8(10(13)15)11(16)17/h2-4,14H,1H3,(H,16,17). The van der Waals surface area contributed by atoms with Gasteiger partial charge in [0.15, 0.2) is 0 Å². The van der Waals surface area contributed by atoms with Gasteiger partial charge in [-0.25, -0.2) is 4.79 Å². The molecule has 1 aromatic heterocycles. The lowest BCUT2D eigenvalue weighted by Gasteiger charge is -2.09. The van der Waals surface area contributed by atoms with Crippen LogP contribution >= 0.6 is 11.6 Å². The van der Waals surface area contributed by atoms with Gasteiger partial charge in [0.05, 0.1) is 10.5 Å². The van der Waals surface area contributed by atoms with E-state index in [4.69, 9.17) is 16.7 Å². The summed E-state index contributed by atoms with van der Waals surface area (Å²) in [7, 11) is 1.45. The van der Waals surface area contributed by atoms with E-state index in [1.807, 2.05) is 0 Å². The summed E-state index contributed by atoms with van der Waals surface area (Å²) >= 11 is 5.88. The highest BCUT2D eigenvalue weighted by atomic mass is 35.5. The Bertz CT molecular complexity index is 690. The Morgan fingerprint density at radius 1 is 1.41 bits per heavy atom. The number of halogens is 1. The lowest BCUT2D eigenvalue weighted by molar-refractivity contribution is 0.0695. The number of carbonyl (C=O) groups is 1. The minimum absolute atomic E-state index is 0.0469. The molecule has 1 heterocycles. The van der Waals surface area contributed by atoms with Crippen LogP contribution in [0.5, 0.6) is 5.75 Å². The molecule has 6 heteroatoms. The molecular formula is C11H8ClNO4. The molecule has 5 nitrogen and oxygen atoms in total. The Kier molecular flexibility index (Phi) is 2.55. The van der Waals surface area contributed by atoms with Crippen molar-refractivity contribution in [3.8, 4) is 5.75 Å². The van der Waals surface area contributed by atoms with E-state index in [0.717, 1.165) is 0 Å². The summed E-state index contributed by atoms with van der Waals surface area (Å²) in [5.41, 5.74) is -0.712. The predicted molar refractivity (Wildman–Crippen MR) is 62.8 cm³/mol. The highest BCUT2D eigenvalue weighted by molar-refractivity contribution is 6.38. The number of aromatic nitrogens is 1. The van der Waals surface area contributed by atoms with E-state index >= 15 is 0 Å². The number of aryl methyl sites for hydroxylation is 1. The van der Waals surface area contributed by atoms with E-state index in [2.05, 4.69) is 0 Å². The van der Waals surface area contributed by atoms with Gasteiger partial charge in [0.25, 0.3) is 5.56 Å². The predicted octanol–water partition coefficient (Wildman–Crippen LogP) is 1.60. The second-order valence-electron chi connectivity index (χ2n) is 3.56. The molecule has 2 rings (SSSR count). The minimum Gasteiger partial charge on any atom is -0.508 e. The smallest absolute Gasteiger partial charge is 0.342 e. The molecule has 2 N–H and O–H groups in total. The normalized spacial score (nSPS) is 10.7. The maximum absolute atomic E-state index is 11.8. The van der Waals surface area contributed by atoms with Crippen LogP contribution in [-0.4, -0.2) is 20.7 Å². The lowest BCUT2D eigenvalue weighted by atomic mass is 10.1. The first kappa shape index (κ1) is 11.5. The van der Waals surface area contributed by atoms with Crippen molar-refractivity contribution in [2.75, 3.05) is 0 Å². The van der Waals surface area contributed by atoms with Gasteiger partial charge in [0.2, 0.25) is 0 Å². The SMILES string of the molecule is Cn1c(=O)c(C(=O)O)c(Cl)c2cc(O)ccc21. The summed E-state index contributed by atoms with van der Waals surface area (Å²) in [6, 6.07) is 4.23. The van der Waals surface area contributed by atoms with Crippen LogP contribution in [0.1, 0.15) is 10.4 Å². The second-order valence-corrected chi connectivity index (χ2v) is 3.94. The van der Waals surface area contributed by atoms with Gasteiger partial charge < -0.3 is 14.8 Å². The largest absolute Gasteiger partial charge is 0.508 e. The second kappa shape index (κ2) is 3.78. The molecule has 0 aliphatic heterocycles. The van der Waals surface area contributed by atoms with Gasteiger partial charge in [0.1, 0.15) is 11.3 Å². The maximum Gasteiger partial charge on any atom is 0.342 e. The molecule has 0 fully saturated rings. The molecule has 0 saturated heterocycles. The Balaban J connectivity index is 3.06. The summed E-state index contributed by atoms with van der Waals surface area (Å²) in [6.07, 6.45) is 0. The number of hydrogen-bond donors (Lipinski definition) is 2. The highest BCUT2D eigenvalue weighted by Crippen LogP contribution is 2.27. The number of aromatic carboxylic acids is 1. The number of phenolic OH excluding ortho intramolecular Hbond substituents is 1. The van der Waals surface area contributed by atoms with Gasteiger partial charge in [-0.05, 0) is 18.2 Å². The van der Waals surface area contributed by atoms with E-state index in [1.54, 1.807) is 0 Å². The summed E-state index contributed by atoms with van der Waals surface area (Å²) in [5, 5.41) is 18.5. The number of carboxylic acids is 1. The topological polar surface area (TPSA) is 79.5 Å². The van der Waals surface area contributed by atoms with Crippen LogP contribution in [-0.2, 0) is 7.05 Å². The third kappa shape index (κ3) is 1.64. The number of hydrogen-bond acceptors (Lipinski definition) is 3. The molecule has 88 valence electrons. The first-order chi connectivity index (χ1) is 7.93. The number of phenols is 1. The number of aromatic hydroxyl groups is 1. The van der Waals surface area contributed by atoms with E-state index in [9.17, 15) is 14.7 Å². The quantitative estimate of drug-likeness (QED) is 0.809. The summed E-state index contributed by atoms with van der Waals surface area (Å²) in [5.74, 6) is -1.43. The van der Waals surface area contributed by atoms with Gasteiger partial charge in [0, 0.05) is 12.4 Å². The van der Waals surface area contributed by atoms with Crippen molar-refractivity contribution < 1.29 is 15.0 Å². The minimum atomic E-state index is -1.39. The van der Waals surface area contributed by atoms with Gasteiger partial charge in [-0.15, -0.1) is 0 Å². The van der Waals surface area contributed by atoms with Crippen molar-refractivity contribution >= 4 is 28.5 Å². The average molecular weight is 254 g/mol. The van der Waals surface area contributed by atoms with Crippen LogP contribution < -0.4 is 5.56 Å². The zero-order valence-corrected chi connectivity index (χ0v) is 9.52. The Morgan fingerprint density at radius 2 is 2.06 bits per heavy atom. The number of pyridine rings is 1. The molecule has 0 amide bonds. The zero-order valence-electron chi connectivity index (χ0n) is 8.77. The fraction of sp³-hybridized carbons (Fsp3) is 0.0909. The van der Waals surface area contributed by atoms with Crippen molar-refractivity contribution in [2.45, 2.75) is 0 Å². The highest BCUT2D eigenvalue weighted by Gasteiger charge is 2.19. The monoisotopic (exact) mass is 253 g/mol. The van der Waals surface area contributed by atoms with E-state index in [1.165, 1.54) is 29.8 Å². The fourth-order valence-electron chi connectivity index (χ4n) is 1.68. The third-order valence-corrected chi connectivity index (χ3v) is 2.92. The van der Waals surface area contributed by atoms with Crippen LogP contribution in [0, 0.1) is 0 Å². The number of nitrogens with zero attached hydrogens (tertiary/aromatic N) is 1. The first-order valence-corrected chi connectivity index (χ1v) is 5.05. The van der Waals surface area contributed by atoms with Crippen LogP contribution in [0.4, 0.5) is 0 Å². The van der Waals surface area contributed by atoms with Crippen LogP contribution in [0.15, 0.2) is 23.0 Å². The number of benzene rings is 1. The Labute approximate surface area is 100 Å². The van der Waals surface area contributed by atoms with Crippen LogP contribution in [0.3, 0.4) is 0 Å². The van der Waals surface area contributed by atoms with E-state index in [0.29, 0.717) is 10.9 Å². The van der Waals surface area contributed by atoms with Gasteiger partial charge in [-0.3, -0.25) is 4.79 Å². The van der Waals surface area contributed by atoms with Crippen molar-refractivity contribution in [3.63, 3.8) is 0 Å². The summed E-state index contributed by atoms with van der Waals surface area (Å²) in [4.78, 5) is 22.7. The van der Waals surface area contributed by atoms with Crippen molar-refractivity contribution in [1.29, 1.82) is 0 Å².